The van der Waals surface area contributed by atoms with Gasteiger partial charge in [0.1, 0.15) is 10.6 Å². The van der Waals surface area contributed by atoms with Crippen molar-refractivity contribution >= 4 is 22.4 Å². The van der Waals surface area contributed by atoms with Gasteiger partial charge in [0.2, 0.25) is 0 Å². The van der Waals surface area contributed by atoms with E-state index in [-0.39, 0.29) is 11.7 Å². The highest BCUT2D eigenvalue weighted by Crippen LogP contribution is 2.45. The Morgan fingerprint density at radius 3 is 2.62 bits per heavy atom. The molecule has 6 heterocycles. The summed E-state index contributed by atoms with van der Waals surface area (Å²) in [6.07, 6.45) is 5.69. The summed E-state index contributed by atoms with van der Waals surface area (Å²) in [6.45, 7) is 3.87. The number of rotatable bonds is 2. The Bertz CT molecular complexity index is 770. The molecule has 4 fully saturated rings. The molecule has 4 saturated heterocycles. The van der Waals surface area contributed by atoms with Gasteiger partial charge in [0.15, 0.2) is 0 Å². The van der Waals surface area contributed by atoms with Gasteiger partial charge in [-0.05, 0) is 55.8 Å². The maximum Gasteiger partial charge on any atom is 0.415 e. The van der Waals surface area contributed by atoms with Crippen LogP contribution in [0.2, 0.25) is 0 Å². The molecule has 1 spiro atoms. The number of hydrogen-bond acceptors (Lipinski definition) is 5. The number of ether oxygens (including phenoxy) is 1. The molecule has 4 aliphatic heterocycles. The summed E-state index contributed by atoms with van der Waals surface area (Å²) in [5.41, 5.74) is 0.834. The van der Waals surface area contributed by atoms with E-state index in [4.69, 9.17) is 4.74 Å². The SMILES string of the molecule is O=C1OC2(CN3CCC2CC3)CN1c1ccc(-c2ccncc2)s1. The number of piperidine rings is 3. The van der Waals surface area contributed by atoms with Gasteiger partial charge in [0.25, 0.3) is 0 Å². The Morgan fingerprint density at radius 1 is 1.12 bits per heavy atom. The quantitative estimate of drug-likeness (QED) is 0.841. The van der Waals surface area contributed by atoms with Crippen molar-refractivity contribution in [1.82, 2.24) is 9.88 Å². The van der Waals surface area contributed by atoms with Gasteiger partial charge in [-0.3, -0.25) is 14.8 Å². The van der Waals surface area contributed by atoms with Crippen molar-refractivity contribution < 1.29 is 9.53 Å². The minimum Gasteiger partial charge on any atom is -0.439 e. The van der Waals surface area contributed by atoms with Crippen LogP contribution in [0.5, 0.6) is 0 Å². The predicted molar refractivity (Wildman–Crippen MR) is 93.3 cm³/mol. The van der Waals surface area contributed by atoms with Crippen LogP contribution in [-0.2, 0) is 4.74 Å². The molecular weight excluding hydrogens is 322 g/mol. The second-order valence-electron chi connectivity index (χ2n) is 6.94. The number of aromatic nitrogens is 1. The van der Waals surface area contributed by atoms with Crippen LogP contribution in [-0.4, -0.2) is 47.8 Å². The molecule has 6 rings (SSSR count). The Balaban J connectivity index is 1.42. The summed E-state index contributed by atoms with van der Waals surface area (Å²) in [5.74, 6) is 0.510. The van der Waals surface area contributed by atoms with E-state index in [1.807, 2.05) is 23.1 Å². The highest BCUT2D eigenvalue weighted by molar-refractivity contribution is 7.19. The maximum atomic E-state index is 12.6. The fraction of sp³-hybridized carbons (Fsp3) is 0.444. The lowest BCUT2D eigenvalue weighted by atomic mass is 9.75. The lowest BCUT2D eigenvalue weighted by Gasteiger charge is -2.49. The van der Waals surface area contributed by atoms with Gasteiger partial charge in [-0.25, -0.2) is 4.79 Å². The molecule has 6 heteroatoms. The second kappa shape index (κ2) is 5.29. The van der Waals surface area contributed by atoms with E-state index < -0.39 is 0 Å². The molecule has 2 bridgehead atoms. The average Bonchev–Trinajstić information content (AvgIpc) is 3.22. The van der Waals surface area contributed by atoms with Crippen molar-refractivity contribution in [3.63, 3.8) is 0 Å². The fourth-order valence-corrected chi connectivity index (χ4v) is 5.33. The molecule has 124 valence electrons. The molecule has 0 aliphatic carbocycles. The van der Waals surface area contributed by atoms with Crippen LogP contribution in [0.3, 0.4) is 0 Å². The highest BCUT2D eigenvalue weighted by atomic mass is 32.1. The molecule has 0 saturated carbocycles. The Hall–Kier alpha value is -1.92. The van der Waals surface area contributed by atoms with E-state index in [0.29, 0.717) is 12.5 Å². The third-order valence-electron chi connectivity index (χ3n) is 5.58. The first-order valence-corrected chi connectivity index (χ1v) is 9.28. The summed E-state index contributed by atoms with van der Waals surface area (Å²) in [4.78, 5) is 22.0. The van der Waals surface area contributed by atoms with Crippen LogP contribution in [0.1, 0.15) is 12.8 Å². The molecule has 24 heavy (non-hydrogen) atoms. The maximum absolute atomic E-state index is 12.6. The molecule has 1 atom stereocenters. The van der Waals surface area contributed by atoms with Crippen LogP contribution < -0.4 is 4.90 Å². The van der Waals surface area contributed by atoms with Crippen LogP contribution >= 0.6 is 11.3 Å². The Kier molecular flexibility index (Phi) is 3.18. The molecule has 1 amide bonds. The standard InChI is InChI=1S/C18H19N3O2S/c22-17-21(12-18(23-17)11-20-9-5-14(18)6-10-20)16-2-1-15(24-16)13-3-7-19-8-4-13/h1-4,7-8,14H,5-6,9-12H2. The first-order chi connectivity index (χ1) is 11.7. The molecule has 1 unspecified atom stereocenters. The van der Waals surface area contributed by atoms with Crippen molar-refractivity contribution in [3.8, 4) is 10.4 Å². The number of anilines is 1. The van der Waals surface area contributed by atoms with Gasteiger partial charge < -0.3 is 4.74 Å². The van der Waals surface area contributed by atoms with Gasteiger partial charge in [0, 0.05) is 29.7 Å². The summed E-state index contributed by atoms with van der Waals surface area (Å²) in [6, 6.07) is 8.09. The lowest BCUT2D eigenvalue weighted by molar-refractivity contribution is -0.0881. The molecule has 4 aliphatic rings. The molecule has 0 N–H and O–H groups in total. The summed E-state index contributed by atoms with van der Waals surface area (Å²) < 4.78 is 5.95. The summed E-state index contributed by atoms with van der Waals surface area (Å²) >= 11 is 1.64. The number of thiophene rings is 1. The van der Waals surface area contributed by atoms with Crippen LogP contribution in [0, 0.1) is 5.92 Å². The zero-order valence-corrected chi connectivity index (χ0v) is 14.2. The fourth-order valence-electron chi connectivity index (χ4n) is 4.32. The zero-order valence-electron chi connectivity index (χ0n) is 13.4. The number of fused-ring (bicyclic) bond motifs is 2. The Labute approximate surface area is 144 Å². The van der Waals surface area contributed by atoms with Gasteiger partial charge in [-0.2, -0.15) is 0 Å². The van der Waals surface area contributed by atoms with Gasteiger partial charge in [0.05, 0.1) is 6.54 Å². The molecule has 0 radical (unpaired) electrons. The molecule has 2 aromatic heterocycles. The Morgan fingerprint density at radius 2 is 1.92 bits per heavy atom. The van der Waals surface area contributed by atoms with E-state index >= 15 is 0 Å². The van der Waals surface area contributed by atoms with E-state index in [9.17, 15) is 4.79 Å². The van der Waals surface area contributed by atoms with E-state index in [2.05, 4.69) is 16.0 Å². The number of carbonyl (C=O) groups excluding carboxylic acids is 1. The largest absolute Gasteiger partial charge is 0.439 e. The number of nitrogens with zero attached hydrogens (tertiary/aromatic N) is 3. The van der Waals surface area contributed by atoms with Crippen LogP contribution in [0.25, 0.3) is 10.4 Å². The first kappa shape index (κ1) is 14.4. The van der Waals surface area contributed by atoms with Crippen molar-refractivity contribution in [3.05, 3.63) is 36.7 Å². The van der Waals surface area contributed by atoms with Crippen LogP contribution in [0.15, 0.2) is 36.7 Å². The summed E-state index contributed by atoms with van der Waals surface area (Å²) in [7, 11) is 0. The third kappa shape index (κ3) is 2.17. The van der Waals surface area contributed by atoms with E-state index in [1.54, 1.807) is 23.7 Å². The molecule has 0 aromatic carbocycles. The zero-order chi connectivity index (χ0) is 16.1. The normalized spacial score (nSPS) is 31.7. The third-order valence-corrected chi connectivity index (χ3v) is 6.74. The molecular formula is C18H19N3O2S. The number of amides is 1. The van der Waals surface area contributed by atoms with Crippen molar-refractivity contribution in [2.45, 2.75) is 18.4 Å². The van der Waals surface area contributed by atoms with E-state index in [0.717, 1.165) is 47.9 Å². The smallest absolute Gasteiger partial charge is 0.415 e. The van der Waals surface area contributed by atoms with E-state index in [1.165, 1.54) is 0 Å². The highest BCUT2D eigenvalue weighted by Gasteiger charge is 2.55. The van der Waals surface area contributed by atoms with Gasteiger partial charge in [-0.1, -0.05) is 0 Å². The minimum absolute atomic E-state index is 0.188. The second-order valence-corrected chi connectivity index (χ2v) is 8.01. The number of carbonyl (C=O) groups is 1. The van der Waals surface area contributed by atoms with Crippen molar-refractivity contribution in [2.75, 3.05) is 31.1 Å². The first-order valence-electron chi connectivity index (χ1n) is 8.47. The number of pyridine rings is 1. The van der Waals surface area contributed by atoms with Crippen molar-refractivity contribution in [1.29, 1.82) is 0 Å². The lowest BCUT2D eigenvalue weighted by Crippen LogP contribution is -2.61. The predicted octanol–water partition coefficient (Wildman–Crippen LogP) is 3.23. The average molecular weight is 341 g/mol. The molecule has 2 aromatic rings. The monoisotopic (exact) mass is 341 g/mol. The summed E-state index contributed by atoms with van der Waals surface area (Å²) in [5, 5.41) is 0.972. The van der Waals surface area contributed by atoms with Crippen molar-refractivity contribution in [2.24, 2.45) is 5.92 Å². The minimum atomic E-state index is -0.297. The topological polar surface area (TPSA) is 45.7 Å². The van der Waals surface area contributed by atoms with Gasteiger partial charge in [-0.15, -0.1) is 11.3 Å². The van der Waals surface area contributed by atoms with Gasteiger partial charge >= 0.3 is 6.09 Å². The number of hydrogen-bond donors (Lipinski definition) is 0. The molecule has 5 nitrogen and oxygen atoms in total. The van der Waals surface area contributed by atoms with Crippen LogP contribution in [0.4, 0.5) is 9.80 Å².